The number of rotatable bonds is 6. The molecule has 0 unspecified atom stereocenters. The zero-order valence-electron chi connectivity index (χ0n) is 16.0. The van der Waals surface area contributed by atoms with E-state index in [1.165, 1.54) is 4.90 Å². The van der Waals surface area contributed by atoms with Crippen molar-refractivity contribution in [1.29, 1.82) is 0 Å². The van der Waals surface area contributed by atoms with Crippen LogP contribution in [0.4, 0.5) is 4.79 Å². The van der Waals surface area contributed by atoms with Crippen LogP contribution in [0, 0.1) is 13.8 Å². The molecular weight excluding hydrogens is 344 g/mol. The second-order valence-corrected chi connectivity index (χ2v) is 6.81. The summed E-state index contributed by atoms with van der Waals surface area (Å²) in [5, 5.41) is 2.80. The van der Waals surface area contributed by atoms with E-state index in [9.17, 15) is 9.59 Å². The maximum absolute atomic E-state index is 12.9. The van der Waals surface area contributed by atoms with E-state index >= 15 is 0 Å². The molecule has 0 aliphatic carbocycles. The molecule has 2 aromatic rings. The van der Waals surface area contributed by atoms with Gasteiger partial charge < -0.3 is 14.8 Å². The van der Waals surface area contributed by atoms with Crippen LogP contribution in [-0.4, -0.2) is 37.1 Å². The molecule has 1 aliphatic rings. The van der Waals surface area contributed by atoms with Gasteiger partial charge in [-0.2, -0.15) is 0 Å². The molecule has 6 heteroatoms. The van der Waals surface area contributed by atoms with Gasteiger partial charge >= 0.3 is 6.03 Å². The monoisotopic (exact) mass is 368 g/mol. The van der Waals surface area contributed by atoms with Gasteiger partial charge in [0.25, 0.3) is 5.91 Å². The normalized spacial score (nSPS) is 19.2. The van der Waals surface area contributed by atoms with E-state index < -0.39 is 11.6 Å². The Morgan fingerprint density at radius 1 is 1.04 bits per heavy atom. The Labute approximate surface area is 159 Å². The molecule has 0 aromatic heterocycles. The van der Waals surface area contributed by atoms with Gasteiger partial charge in [0.15, 0.2) is 0 Å². The smallest absolute Gasteiger partial charge is 0.325 e. The number of carbonyl (C=O) groups excluding carboxylic acids is 2. The number of hydrogen-bond donors (Lipinski definition) is 1. The Morgan fingerprint density at radius 2 is 1.67 bits per heavy atom. The zero-order chi connectivity index (χ0) is 19.6. The van der Waals surface area contributed by atoms with Crippen molar-refractivity contribution in [2.24, 2.45) is 0 Å². The van der Waals surface area contributed by atoms with Crippen LogP contribution in [-0.2, 0) is 10.3 Å². The number of benzene rings is 2. The molecule has 1 heterocycles. The van der Waals surface area contributed by atoms with Crippen LogP contribution >= 0.6 is 0 Å². The first-order valence-electron chi connectivity index (χ1n) is 8.84. The van der Waals surface area contributed by atoms with E-state index in [0.717, 1.165) is 16.9 Å². The van der Waals surface area contributed by atoms with Crippen LogP contribution in [0.3, 0.4) is 0 Å². The number of ether oxygens (including phenoxy) is 2. The minimum absolute atomic E-state index is 0.185. The minimum atomic E-state index is -1.10. The molecule has 1 saturated heterocycles. The second-order valence-electron chi connectivity index (χ2n) is 6.81. The highest BCUT2D eigenvalue weighted by Crippen LogP contribution is 2.30. The molecule has 0 spiro atoms. The summed E-state index contributed by atoms with van der Waals surface area (Å²) >= 11 is 0. The number of carbonyl (C=O) groups is 2. The van der Waals surface area contributed by atoms with Crippen LogP contribution in [0.25, 0.3) is 0 Å². The maximum atomic E-state index is 12.9. The third kappa shape index (κ3) is 3.47. The topological polar surface area (TPSA) is 67.9 Å². The Balaban J connectivity index is 1.70. The summed E-state index contributed by atoms with van der Waals surface area (Å²) in [6.45, 7) is 6.07. The summed E-state index contributed by atoms with van der Waals surface area (Å²) in [5.74, 6) is 1.20. The Bertz CT molecular complexity index is 843. The molecule has 0 saturated carbocycles. The molecule has 0 bridgehead atoms. The summed E-state index contributed by atoms with van der Waals surface area (Å²) in [4.78, 5) is 26.5. The van der Waals surface area contributed by atoms with Gasteiger partial charge in [0, 0.05) is 0 Å². The van der Waals surface area contributed by atoms with Crippen LogP contribution in [0.2, 0.25) is 0 Å². The zero-order valence-corrected chi connectivity index (χ0v) is 16.0. The summed E-state index contributed by atoms with van der Waals surface area (Å²) in [7, 11) is 1.58. The number of nitrogens with one attached hydrogen (secondary N) is 1. The lowest BCUT2D eigenvalue weighted by molar-refractivity contribution is -0.131. The lowest BCUT2D eigenvalue weighted by Gasteiger charge is -2.22. The van der Waals surface area contributed by atoms with E-state index in [4.69, 9.17) is 9.47 Å². The van der Waals surface area contributed by atoms with Crippen molar-refractivity contribution >= 4 is 11.9 Å². The Kier molecular flexibility index (Phi) is 5.08. The molecule has 0 radical (unpaired) electrons. The average molecular weight is 368 g/mol. The van der Waals surface area contributed by atoms with E-state index in [2.05, 4.69) is 5.32 Å². The molecule has 1 N–H and O–H groups in total. The molecule has 3 rings (SSSR count). The first-order valence-corrected chi connectivity index (χ1v) is 8.84. The van der Waals surface area contributed by atoms with Gasteiger partial charge in [-0.15, -0.1) is 0 Å². The summed E-state index contributed by atoms with van der Waals surface area (Å²) < 4.78 is 11.0. The number of urea groups is 1. The Hall–Kier alpha value is -3.02. The Morgan fingerprint density at radius 3 is 2.26 bits per heavy atom. The highest BCUT2D eigenvalue weighted by molar-refractivity contribution is 6.07. The molecule has 27 heavy (non-hydrogen) atoms. The standard InChI is InChI=1S/C21H24N2O4/c1-14-6-5-7-15(2)18(14)27-13-12-23-19(24)21(3,22-20(23)25)16-8-10-17(26-4)11-9-16/h5-11H,12-13H2,1-4H3,(H,22,25)/t21-/m1/s1. The second kappa shape index (κ2) is 7.31. The molecule has 1 atom stereocenters. The van der Waals surface area contributed by atoms with E-state index in [0.29, 0.717) is 11.3 Å². The van der Waals surface area contributed by atoms with Gasteiger partial charge in [0.2, 0.25) is 0 Å². The lowest BCUT2D eigenvalue weighted by Crippen LogP contribution is -2.41. The molecule has 1 aliphatic heterocycles. The molecule has 6 nitrogen and oxygen atoms in total. The number of imide groups is 1. The van der Waals surface area contributed by atoms with Crippen molar-refractivity contribution in [3.63, 3.8) is 0 Å². The minimum Gasteiger partial charge on any atom is -0.497 e. The van der Waals surface area contributed by atoms with Crippen molar-refractivity contribution < 1.29 is 19.1 Å². The quantitative estimate of drug-likeness (QED) is 0.796. The lowest BCUT2D eigenvalue weighted by atomic mass is 9.92. The first-order chi connectivity index (χ1) is 12.9. The van der Waals surface area contributed by atoms with E-state index in [1.807, 2.05) is 32.0 Å². The molecule has 1 fully saturated rings. The first kappa shape index (κ1) is 18.8. The number of hydrogen-bond acceptors (Lipinski definition) is 4. The SMILES string of the molecule is COc1ccc([C@@]2(C)NC(=O)N(CCOc3c(C)cccc3C)C2=O)cc1. The van der Waals surface area contributed by atoms with E-state index in [1.54, 1.807) is 38.3 Å². The van der Waals surface area contributed by atoms with Gasteiger partial charge in [-0.05, 0) is 49.6 Å². The fourth-order valence-electron chi connectivity index (χ4n) is 3.29. The van der Waals surface area contributed by atoms with Gasteiger partial charge in [-0.1, -0.05) is 30.3 Å². The maximum Gasteiger partial charge on any atom is 0.325 e. The van der Waals surface area contributed by atoms with Crippen LogP contribution < -0.4 is 14.8 Å². The number of nitrogens with zero attached hydrogens (tertiary/aromatic N) is 1. The number of aryl methyl sites for hydroxylation is 2. The van der Waals surface area contributed by atoms with Gasteiger partial charge in [-0.3, -0.25) is 9.69 Å². The largest absolute Gasteiger partial charge is 0.497 e. The number of para-hydroxylation sites is 1. The highest BCUT2D eigenvalue weighted by atomic mass is 16.5. The summed E-state index contributed by atoms with van der Waals surface area (Å²) in [5.41, 5.74) is 1.66. The molecule has 3 amide bonds. The van der Waals surface area contributed by atoms with Gasteiger partial charge in [0.1, 0.15) is 23.6 Å². The summed E-state index contributed by atoms with van der Waals surface area (Å²) in [6.07, 6.45) is 0. The highest BCUT2D eigenvalue weighted by Gasteiger charge is 2.48. The van der Waals surface area contributed by atoms with Crippen LogP contribution in [0.5, 0.6) is 11.5 Å². The number of amides is 3. The van der Waals surface area contributed by atoms with Crippen molar-refractivity contribution in [3.05, 3.63) is 59.2 Å². The molecule has 2 aromatic carbocycles. The van der Waals surface area contributed by atoms with Gasteiger partial charge in [0.05, 0.1) is 13.7 Å². The van der Waals surface area contributed by atoms with Crippen LogP contribution in [0.1, 0.15) is 23.6 Å². The molecule has 142 valence electrons. The third-order valence-electron chi connectivity index (χ3n) is 4.91. The summed E-state index contributed by atoms with van der Waals surface area (Å²) in [6, 6.07) is 12.6. The fourth-order valence-corrected chi connectivity index (χ4v) is 3.29. The number of methoxy groups -OCH3 is 1. The van der Waals surface area contributed by atoms with Crippen molar-refractivity contribution in [3.8, 4) is 11.5 Å². The average Bonchev–Trinajstić information content (AvgIpc) is 2.88. The molecular formula is C21H24N2O4. The van der Waals surface area contributed by atoms with E-state index in [-0.39, 0.29) is 19.1 Å². The van der Waals surface area contributed by atoms with Gasteiger partial charge in [-0.25, -0.2) is 4.79 Å². The van der Waals surface area contributed by atoms with Crippen molar-refractivity contribution in [1.82, 2.24) is 10.2 Å². The third-order valence-corrected chi connectivity index (χ3v) is 4.91. The van der Waals surface area contributed by atoms with Crippen molar-refractivity contribution in [2.45, 2.75) is 26.3 Å². The predicted molar refractivity (Wildman–Crippen MR) is 102 cm³/mol. The van der Waals surface area contributed by atoms with Crippen LogP contribution in [0.15, 0.2) is 42.5 Å². The van der Waals surface area contributed by atoms with Crippen molar-refractivity contribution in [2.75, 3.05) is 20.3 Å². The fraction of sp³-hybridized carbons (Fsp3) is 0.333. The predicted octanol–water partition coefficient (Wildman–Crippen LogP) is 3.16.